The van der Waals surface area contributed by atoms with E-state index in [1.807, 2.05) is 11.8 Å². The maximum atomic E-state index is 14.3. The normalized spacial score (nSPS) is 18.0. The number of ether oxygens (including phenoxy) is 2. The molecule has 2 amide bonds. The van der Waals surface area contributed by atoms with Crippen LogP contribution in [-0.2, 0) is 17.8 Å². The summed E-state index contributed by atoms with van der Waals surface area (Å²) in [7, 11) is 2.85. The molecule has 3 aliphatic rings. The number of nitrogens with zero attached hydrogens (tertiary/aromatic N) is 7. The number of methoxy groups -OCH3 is 2. The van der Waals surface area contributed by atoms with Crippen molar-refractivity contribution in [3.05, 3.63) is 61.8 Å². The van der Waals surface area contributed by atoms with Crippen LogP contribution in [0.25, 0.3) is 16.9 Å². The molecule has 5 heterocycles. The lowest BCUT2D eigenvalue weighted by Gasteiger charge is -2.57. The van der Waals surface area contributed by atoms with Gasteiger partial charge in [-0.15, -0.1) is 15.0 Å². The summed E-state index contributed by atoms with van der Waals surface area (Å²) < 4.78 is 39.4. The number of alkyl halides is 2. The van der Waals surface area contributed by atoms with Crippen LogP contribution in [0, 0.1) is 12.3 Å². The maximum absolute atomic E-state index is 14.3. The molecule has 1 saturated heterocycles. The van der Waals surface area contributed by atoms with Gasteiger partial charge in [0.15, 0.2) is 11.2 Å². The van der Waals surface area contributed by atoms with E-state index in [0.29, 0.717) is 47.8 Å². The molecule has 0 bridgehead atoms. The highest BCUT2D eigenvalue weighted by Crippen LogP contribution is 2.62. The number of piperazine rings is 1. The second-order valence-corrected chi connectivity index (χ2v) is 13.7. The van der Waals surface area contributed by atoms with Crippen LogP contribution >= 0.6 is 0 Å². The number of pyridine rings is 3. The van der Waals surface area contributed by atoms with E-state index in [9.17, 15) is 28.0 Å². The van der Waals surface area contributed by atoms with Crippen LogP contribution in [0.5, 0.6) is 11.8 Å². The monoisotopic (exact) mass is 707 g/mol. The van der Waals surface area contributed by atoms with Gasteiger partial charge >= 0.3 is 0 Å². The van der Waals surface area contributed by atoms with Crippen LogP contribution in [0.2, 0.25) is 0 Å². The second kappa shape index (κ2) is 12.8. The number of halogens is 2. The summed E-state index contributed by atoms with van der Waals surface area (Å²) in [5.74, 6) is -3.04. The molecule has 3 fully saturated rings. The molecule has 1 spiro atoms. The van der Waals surface area contributed by atoms with Gasteiger partial charge in [0, 0.05) is 74.8 Å². The Hall–Kier alpha value is -5.35. The van der Waals surface area contributed by atoms with Gasteiger partial charge in [-0.3, -0.25) is 19.2 Å². The second-order valence-electron chi connectivity index (χ2n) is 13.7. The molecule has 1 aliphatic heterocycles. The topological polar surface area (TPSA) is 170 Å². The fourth-order valence-corrected chi connectivity index (χ4v) is 7.83. The number of aromatic nitrogens is 6. The van der Waals surface area contributed by atoms with Crippen molar-refractivity contribution in [3.8, 4) is 17.4 Å². The van der Waals surface area contributed by atoms with Gasteiger partial charge in [-0.25, -0.2) is 13.8 Å². The zero-order valence-corrected chi connectivity index (χ0v) is 28.8. The average Bonchev–Trinajstić information content (AvgIpc) is 3.55. The van der Waals surface area contributed by atoms with Crippen molar-refractivity contribution in [2.75, 3.05) is 45.3 Å². The van der Waals surface area contributed by atoms with E-state index in [1.54, 1.807) is 28.5 Å². The number of aryl methyl sites for hydroxylation is 1. The van der Waals surface area contributed by atoms with E-state index in [0.717, 1.165) is 0 Å². The van der Waals surface area contributed by atoms with Gasteiger partial charge in [0.2, 0.25) is 34.4 Å². The van der Waals surface area contributed by atoms with Crippen LogP contribution < -0.4 is 30.5 Å². The van der Waals surface area contributed by atoms with Crippen molar-refractivity contribution in [3.63, 3.8) is 0 Å². The third-order valence-corrected chi connectivity index (χ3v) is 10.2. The van der Waals surface area contributed by atoms with Gasteiger partial charge in [-0.1, -0.05) is 6.92 Å². The molecule has 15 nitrogen and oxygen atoms in total. The third kappa shape index (κ3) is 6.07. The Morgan fingerprint density at radius 1 is 1.06 bits per heavy atom. The van der Waals surface area contributed by atoms with E-state index >= 15 is 0 Å². The number of fused-ring (bicyclic) bond motifs is 1. The largest absolute Gasteiger partial charge is 0.482 e. The van der Waals surface area contributed by atoms with E-state index in [1.165, 1.54) is 31.4 Å². The highest BCUT2D eigenvalue weighted by atomic mass is 19.3. The lowest BCUT2D eigenvalue weighted by atomic mass is 9.52. The highest BCUT2D eigenvalue weighted by molar-refractivity contribution is 5.96. The molecule has 0 unspecified atom stereocenters. The molecule has 17 heteroatoms. The van der Waals surface area contributed by atoms with Crippen molar-refractivity contribution >= 4 is 28.7 Å². The molecule has 2 aliphatic carbocycles. The number of rotatable bonds is 9. The molecule has 2 N–H and O–H groups in total. The molecular formula is C34H39F2N9O6. The number of carbonyl (C=O) groups excluding carboxylic acids is 2. The number of carbonyl (C=O) groups is 2. The molecule has 0 atom stereocenters. The number of aromatic amines is 1. The predicted molar refractivity (Wildman–Crippen MR) is 181 cm³/mol. The Balaban J connectivity index is 1.20. The summed E-state index contributed by atoms with van der Waals surface area (Å²) in [6.07, 6.45) is 4.09. The zero-order valence-electron chi connectivity index (χ0n) is 28.8. The van der Waals surface area contributed by atoms with Gasteiger partial charge in [0.1, 0.15) is 17.8 Å². The number of H-pyrrole nitrogens is 1. The lowest BCUT2D eigenvalue weighted by Crippen LogP contribution is -2.60. The Labute approximate surface area is 290 Å². The first-order valence-electron chi connectivity index (χ1n) is 16.9. The first kappa shape index (κ1) is 34.1. The lowest BCUT2D eigenvalue weighted by molar-refractivity contribution is -0.198. The smallest absolute Gasteiger partial charge is 0.263 e. The predicted octanol–water partition coefficient (Wildman–Crippen LogP) is 2.21. The molecule has 2 saturated carbocycles. The molecule has 270 valence electrons. The minimum absolute atomic E-state index is 0.0413. The summed E-state index contributed by atoms with van der Waals surface area (Å²) in [5, 5.41) is 12.2. The Kier molecular flexibility index (Phi) is 8.54. The first-order chi connectivity index (χ1) is 24.4. The summed E-state index contributed by atoms with van der Waals surface area (Å²) >= 11 is 0. The SMILES string of the molecule is CCc1c(N2CCN(C(=O)c3c(OC)[nH]cc(C)c3=O)CC2)c(=O)c2nn(-c3ccnc(OC)c3)nc2n1CC(=O)NC1CC2(C1)CC(F)(F)C2. The summed E-state index contributed by atoms with van der Waals surface area (Å²) in [4.78, 5) is 66.0. The Morgan fingerprint density at radius 3 is 2.43 bits per heavy atom. The van der Waals surface area contributed by atoms with Crippen LogP contribution in [0.15, 0.2) is 34.1 Å². The molecule has 0 aromatic carbocycles. The molecule has 4 aromatic heterocycles. The number of nitrogens with one attached hydrogen (secondary N) is 2. The number of amides is 2. The van der Waals surface area contributed by atoms with Crippen LogP contribution in [0.3, 0.4) is 0 Å². The zero-order chi connectivity index (χ0) is 36.2. The van der Waals surface area contributed by atoms with Crippen LogP contribution in [0.1, 0.15) is 54.2 Å². The fourth-order valence-electron chi connectivity index (χ4n) is 7.83. The van der Waals surface area contributed by atoms with Crippen LogP contribution in [-0.4, -0.2) is 98.6 Å². The van der Waals surface area contributed by atoms with Crippen molar-refractivity contribution in [1.82, 2.24) is 39.7 Å². The van der Waals surface area contributed by atoms with E-state index < -0.39 is 22.7 Å². The average molecular weight is 708 g/mol. The Morgan fingerprint density at radius 2 is 1.78 bits per heavy atom. The fraction of sp³-hybridized carbons (Fsp3) is 0.500. The standard InChI is InChI=1S/C34H39F2N9O6/c1-5-22-27(42-8-10-43(11-9-42)32(49)25-28(47)19(2)15-38-31(25)51-4)29(48)26-30(41-45(40-26)21-6-7-37-24(12-21)50-3)44(22)16-23(46)39-20-13-33(14-20)17-34(35,36)18-33/h6-7,12,15,20H,5,8-11,13-14,16-18H2,1-4H3,(H,38,47)(H,39,46). The maximum Gasteiger partial charge on any atom is 0.263 e. The third-order valence-electron chi connectivity index (χ3n) is 10.2. The summed E-state index contributed by atoms with van der Waals surface area (Å²) in [5.41, 5.74) is 0.726. The van der Waals surface area contributed by atoms with Gasteiger partial charge in [0.25, 0.3) is 5.91 Å². The number of hydrogen-bond donors (Lipinski definition) is 2. The quantitative estimate of drug-likeness (QED) is 0.263. The molecule has 4 aromatic rings. The van der Waals surface area contributed by atoms with Crippen molar-refractivity contribution in [1.29, 1.82) is 0 Å². The number of hydrogen-bond acceptors (Lipinski definition) is 10. The van der Waals surface area contributed by atoms with Crippen molar-refractivity contribution in [2.45, 2.75) is 64.5 Å². The van der Waals surface area contributed by atoms with E-state index in [2.05, 4.69) is 25.5 Å². The minimum Gasteiger partial charge on any atom is -0.482 e. The number of anilines is 1. The van der Waals surface area contributed by atoms with Crippen molar-refractivity contribution < 1.29 is 27.8 Å². The molecule has 51 heavy (non-hydrogen) atoms. The van der Waals surface area contributed by atoms with Gasteiger partial charge in [-0.2, -0.15) is 0 Å². The van der Waals surface area contributed by atoms with Gasteiger partial charge in [0.05, 0.1) is 19.9 Å². The van der Waals surface area contributed by atoms with Crippen molar-refractivity contribution in [2.24, 2.45) is 5.41 Å². The van der Waals surface area contributed by atoms with E-state index in [4.69, 9.17) is 9.47 Å². The van der Waals surface area contributed by atoms with Gasteiger partial charge in [-0.05, 0) is 37.7 Å². The first-order valence-corrected chi connectivity index (χ1v) is 16.9. The molecular weight excluding hydrogens is 668 g/mol. The van der Waals surface area contributed by atoms with Gasteiger partial charge < -0.3 is 34.1 Å². The summed E-state index contributed by atoms with van der Waals surface area (Å²) in [6, 6.07) is 3.06. The molecule has 0 radical (unpaired) electrons. The van der Waals surface area contributed by atoms with Crippen LogP contribution in [0.4, 0.5) is 14.5 Å². The Bertz CT molecular complexity index is 2140. The summed E-state index contributed by atoms with van der Waals surface area (Å²) in [6.45, 7) is 4.26. The van der Waals surface area contributed by atoms with E-state index in [-0.39, 0.29) is 85.6 Å². The molecule has 7 rings (SSSR count). The highest BCUT2D eigenvalue weighted by Gasteiger charge is 2.62. The minimum atomic E-state index is -2.63.